The molecular weight excluding hydrogens is 284 g/mol. The third-order valence-electron chi connectivity index (χ3n) is 4.23. The van der Waals surface area contributed by atoms with Crippen LogP contribution in [-0.4, -0.2) is 50.1 Å². The number of aromatic nitrogens is 1. The number of piperidine rings is 1. The molecule has 0 bridgehead atoms. The van der Waals surface area contributed by atoms with Crippen LogP contribution < -0.4 is 5.43 Å². The maximum Gasteiger partial charge on any atom is 0.223 e. The number of likely N-dealkylation sites (tertiary alicyclic amines) is 1. The van der Waals surface area contributed by atoms with Gasteiger partial charge >= 0.3 is 0 Å². The SMILES string of the molecule is CC(O)Cn1cc(O)c(=O)cc1CN1CCCCC1CCO. The Morgan fingerprint density at radius 2 is 2.18 bits per heavy atom. The van der Waals surface area contributed by atoms with Gasteiger partial charge < -0.3 is 19.9 Å². The van der Waals surface area contributed by atoms with E-state index in [1.165, 1.54) is 12.3 Å². The van der Waals surface area contributed by atoms with Gasteiger partial charge in [0.2, 0.25) is 5.43 Å². The minimum atomic E-state index is -0.560. The van der Waals surface area contributed by atoms with E-state index in [4.69, 9.17) is 0 Å². The summed E-state index contributed by atoms with van der Waals surface area (Å²) in [5.41, 5.74) is 0.390. The smallest absolute Gasteiger partial charge is 0.223 e. The molecule has 3 N–H and O–H groups in total. The number of hydrogen-bond acceptors (Lipinski definition) is 5. The average molecular weight is 310 g/mol. The second-order valence-electron chi connectivity index (χ2n) is 6.15. The molecule has 22 heavy (non-hydrogen) atoms. The molecule has 1 aromatic heterocycles. The summed E-state index contributed by atoms with van der Waals surface area (Å²) in [5.74, 6) is -0.296. The van der Waals surface area contributed by atoms with Crippen LogP contribution in [0.15, 0.2) is 17.1 Å². The quantitative estimate of drug-likeness (QED) is 0.719. The molecule has 2 unspecified atom stereocenters. The molecule has 0 spiro atoms. The predicted octanol–water partition coefficient (Wildman–Crippen LogP) is 0.672. The number of hydrogen-bond donors (Lipinski definition) is 3. The summed E-state index contributed by atoms with van der Waals surface area (Å²) in [6.45, 7) is 3.70. The second-order valence-corrected chi connectivity index (χ2v) is 6.15. The van der Waals surface area contributed by atoms with Crippen molar-refractivity contribution in [1.29, 1.82) is 0 Å². The van der Waals surface area contributed by atoms with Gasteiger partial charge in [-0.15, -0.1) is 0 Å². The highest BCUT2D eigenvalue weighted by atomic mass is 16.3. The van der Waals surface area contributed by atoms with Crippen LogP contribution in [0.4, 0.5) is 0 Å². The van der Waals surface area contributed by atoms with Gasteiger partial charge in [-0.25, -0.2) is 0 Å². The van der Waals surface area contributed by atoms with Crippen molar-refractivity contribution in [3.63, 3.8) is 0 Å². The number of aliphatic hydroxyl groups is 2. The Kier molecular flexibility index (Phi) is 5.99. The Morgan fingerprint density at radius 3 is 2.86 bits per heavy atom. The van der Waals surface area contributed by atoms with Crippen LogP contribution in [0.5, 0.6) is 5.75 Å². The van der Waals surface area contributed by atoms with E-state index in [0.29, 0.717) is 19.1 Å². The van der Waals surface area contributed by atoms with E-state index in [9.17, 15) is 20.1 Å². The summed E-state index contributed by atoms with van der Waals surface area (Å²) in [6, 6.07) is 1.77. The zero-order valence-corrected chi connectivity index (χ0v) is 13.1. The molecule has 1 saturated heterocycles. The summed E-state index contributed by atoms with van der Waals surface area (Å²) >= 11 is 0. The molecular formula is C16H26N2O4. The predicted molar refractivity (Wildman–Crippen MR) is 83.8 cm³/mol. The lowest BCUT2D eigenvalue weighted by Crippen LogP contribution is -2.40. The lowest BCUT2D eigenvalue weighted by atomic mass is 9.99. The normalized spacial score (nSPS) is 21.0. The van der Waals surface area contributed by atoms with E-state index in [0.717, 1.165) is 37.9 Å². The van der Waals surface area contributed by atoms with E-state index in [1.807, 2.05) is 0 Å². The highest BCUT2D eigenvalue weighted by Crippen LogP contribution is 2.22. The van der Waals surface area contributed by atoms with Crippen LogP contribution in [-0.2, 0) is 13.1 Å². The van der Waals surface area contributed by atoms with Gasteiger partial charge in [-0.2, -0.15) is 0 Å². The lowest BCUT2D eigenvalue weighted by molar-refractivity contribution is 0.107. The number of aromatic hydroxyl groups is 1. The third-order valence-corrected chi connectivity index (χ3v) is 4.23. The van der Waals surface area contributed by atoms with E-state index in [2.05, 4.69) is 4.90 Å². The number of nitrogens with zero attached hydrogens (tertiary/aromatic N) is 2. The van der Waals surface area contributed by atoms with Crippen LogP contribution in [0.3, 0.4) is 0 Å². The average Bonchev–Trinajstić information content (AvgIpc) is 2.46. The standard InChI is InChI=1S/C16H26N2O4/c1-12(20)9-18-11-16(22)15(21)8-14(18)10-17-6-3-2-4-13(17)5-7-19/h8,11-13,19-20,22H,2-7,9-10H2,1H3. The molecule has 1 aromatic rings. The molecule has 0 aromatic carbocycles. The van der Waals surface area contributed by atoms with E-state index >= 15 is 0 Å². The van der Waals surface area contributed by atoms with Crippen molar-refractivity contribution in [3.05, 3.63) is 28.2 Å². The maximum atomic E-state index is 11.7. The first-order valence-electron chi connectivity index (χ1n) is 7.96. The van der Waals surface area contributed by atoms with Gasteiger partial charge in [-0.05, 0) is 32.7 Å². The molecule has 1 aliphatic rings. The first kappa shape index (κ1) is 17.0. The van der Waals surface area contributed by atoms with Crippen molar-refractivity contribution in [1.82, 2.24) is 9.47 Å². The molecule has 2 atom stereocenters. The zero-order valence-electron chi connectivity index (χ0n) is 13.1. The van der Waals surface area contributed by atoms with Crippen molar-refractivity contribution in [3.8, 4) is 5.75 Å². The molecule has 0 amide bonds. The van der Waals surface area contributed by atoms with Crippen molar-refractivity contribution in [2.24, 2.45) is 0 Å². The van der Waals surface area contributed by atoms with Crippen LogP contribution in [0.25, 0.3) is 0 Å². The van der Waals surface area contributed by atoms with Crippen LogP contribution >= 0.6 is 0 Å². The fraction of sp³-hybridized carbons (Fsp3) is 0.688. The van der Waals surface area contributed by atoms with Gasteiger partial charge in [-0.3, -0.25) is 9.69 Å². The molecule has 2 heterocycles. The van der Waals surface area contributed by atoms with Crippen LogP contribution in [0.2, 0.25) is 0 Å². The van der Waals surface area contributed by atoms with E-state index < -0.39 is 11.5 Å². The van der Waals surface area contributed by atoms with Gasteiger partial charge in [0.15, 0.2) is 5.75 Å². The maximum absolute atomic E-state index is 11.7. The minimum absolute atomic E-state index is 0.164. The van der Waals surface area contributed by atoms with Gasteiger partial charge in [0.05, 0.1) is 12.3 Å². The van der Waals surface area contributed by atoms with Gasteiger partial charge in [0.25, 0.3) is 0 Å². The molecule has 1 aliphatic heterocycles. The van der Waals surface area contributed by atoms with Gasteiger partial charge in [0, 0.05) is 37.5 Å². The molecule has 0 radical (unpaired) electrons. The third kappa shape index (κ3) is 4.32. The summed E-state index contributed by atoms with van der Waals surface area (Å²) in [6.07, 6.45) is 4.90. The molecule has 2 rings (SSSR count). The van der Waals surface area contributed by atoms with Crippen molar-refractivity contribution < 1.29 is 15.3 Å². The first-order chi connectivity index (χ1) is 10.5. The summed E-state index contributed by atoms with van der Waals surface area (Å²) in [7, 11) is 0. The lowest BCUT2D eigenvalue weighted by Gasteiger charge is -2.36. The molecule has 0 saturated carbocycles. The van der Waals surface area contributed by atoms with Gasteiger partial charge in [0.1, 0.15) is 0 Å². The fourth-order valence-corrected chi connectivity index (χ4v) is 3.15. The Bertz CT molecular complexity index is 539. The Balaban J connectivity index is 2.22. The molecule has 1 fully saturated rings. The highest BCUT2D eigenvalue weighted by molar-refractivity contribution is 5.20. The molecule has 6 nitrogen and oxygen atoms in total. The van der Waals surface area contributed by atoms with Crippen molar-refractivity contribution in [2.75, 3.05) is 13.2 Å². The number of rotatable bonds is 6. The second kappa shape index (κ2) is 7.76. The van der Waals surface area contributed by atoms with Crippen LogP contribution in [0, 0.1) is 0 Å². The largest absolute Gasteiger partial charge is 0.503 e. The highest BCUT2D eigenvalue weighted by Gasteiger charge is 2.23. The molecule has 6 heteroatoms. The van der Waals surface area contributed by atoms with Crippen molar-refractivity contribution in [2.45, 2.75) is 57.8 Å². The van der Waals surface area contributed by atoms with Crippen molar-refractivity contribution >= 4 is 0 Å². The van der Waals surface area contributed by atoms with E-state index in [-0.39, 0.29) is 12.4 Å². The first-order valence-corrected chi connectivity index (χ1v) is 7.96. The monoisotopic (exact) mass is 310 g/mol. The van der Waals surface area contributed by atoms with E-state index in [1.54, 1.807) is 11.5 Å². The fourth-order valence-electron chi connectivity index (χ4n) is 3.15. The Labute approximate surface area is 130 Å². The Hall–Kier alpha value is -1.37. The van der Waals surface area contributed by atoms with Gasteiger partial charge in [-0.1, -0.05) is 6.42 Å². The zero-order chi connectivity index (χ0) is 16.1. The summed E-state index contributed by atoms with van der Waals surface area (Å²) in [5, 5.41) is 28.4. The summed E-state index contributed by atoms with van der Waals surface area (Å²) in [4.78, 5) is 14.0. The molecule has 124 valence electrons. The topological polar surface area (TPSA) is 85.9 Å². The molecule has 0 aliphatic carbocycles. The Morgan fingerprint density at radius 1 is 1.41 bits per heavy atom. The number of aliphatic hydroxyl groups excluding tert-OH is 2. The van der Waals surface area contributed by atoms with Crippen LogP contribution in [0.1, 0.15) is 38.3 Å². The summed E-state index contributed by atoms with van der Waals surface area (Å²) < 4.78 is 1.74. The minimum Gasteiger partial charge on any atom is -0.503 e. The number of pyridine rings is 1.